The molecule has 4 heteroatoms. The third-order valence-electron chi connectivity index (χ3n) is 3.98. The highest BCUT2D eigenvalue weighted by atomic mass is 15.2. The molecule has 0 amide bonds. The van der Waals surface area contributed by atoms with Crippen LogP contribution in [0.4, 0.5) is 5.82 Å². The summed E-state index contributed by atoms with van der Waals surface area (Å²) in [4.78, 5) is 6.92. The second kappa shape index (κ2) is 5.59. The first-order valence-electron chi connectivity index (χ1n) is 7.10. The minimum atomic E-state index is 0.118. The quantitative estimate of drug-likeness (QED) is 0.631. The highest BCUT2D eigenvalue weighted by Gasteiger charge is 2.23. The summed E-state index contributed by atoms with van der Waals surface area (Å²) in [6.07, 6.45) is 3.98. The number of rotatable bonds is 5. The van der Waals surface area contributed by atoms with Crippen LogP contribution < -0.4 is 10.6 Å². The molecule has 0 atom stereocenters. The number of amidine groups is 1. The lowest BCUT2D eigenvalue weighted by Crippen LogP contribution is -2.35. The van der Waals surface area contributed by atoms with Gasteiger partial charge in [-0.2, -0.15) is 0 Å². The van der Waals surface area contributed by atoms with Crippen LogP contribution in [0.1, 0.15) is 43.0 Å². The predicted octanol–water partition coefficient (Wildman–Crippen LogP) is 2.61. The smallest absolute Gasteiger partial charge is 0.140 e. The van der Waals surface area contributed by atoms with Crippen LogP contribution in [0.5, 0.6) is 0 Å². The van der Waals surface area contributed by atoms with Crippen molar-refractivity contribution in [2.24, 2.45) is 11.7 Å². The Morgan fingerprint density at radius 2 is 2.16 bits per heavy atom. The Kier molecular flexibility index (Phi) is 4.08. The van der Waals surface area contributed by atoms with Gasteiger partial charge < -0.3 is 10.6 Å². The Bertz CT molecular complexity index is 477. The van der Waals surface area contributed by atoms with Gasteiger partial charge in [0.25, 0.3) is 0 Å². The summed E-state index contributed by atoms with van der Waals surface area (Å²) in [5.41, 5.74) is 8.58. The first kappa shape index (κ1) is 13.8. The number of anilines is 1. The summed E-state index contributed by atoms with van der Waals surface area (Å²) < 4.78 is 0. The fourth-order valence-electron chi connectivity index (χ4n) is 2.73. The molecule has 0 aromatic carbocycles. The lowest BCUT2D eigenvalue weighted by Gasteiger charge is -2.33. The average Bonchev–Trinajstić information content (AvgIpc) is 2.26. The Balaban J connectivity index is 2.36. The van der Waals surface area contributed by atoms with Crippen molar-refractivity contribution in [3.05, 3.63) is 22.9 Å². The molecule has 0 unspecified atom stereocenters. The number of hydrogen-bond donors (Lipinski definition) is 2. The van der Waals surface area contributed by atoms with Crippen molar-refractivity contribution in [1.29, 1.82) is 5.41 Å². The normalized spacial score (nSPS) is 15.1. The molecule has 2 rings (SSSR count). The molecule has 1 aliphatic rings. The van der Waals surface area contributed by atoms with Crippen LogP contribution in [0, 0.1) is 25.2 Å². The number of aryl methyl sites for hydroxylation is 2. The fourth-order valence-corrected chi connectivity index (χ4v) is 2.73. The number of pyridine rings is 1. The molecule has 0 bridgehead atoms. The fraction of sp³-hybridized carbons (Fsp3) is 0.600. The summed E-state index contributed by atoms with van der Waals surface area (Å²) in [7, 11) is 0. The van der Waals surface area contributed by atoms with Crippen molar-refractivity contribution in [3.8, 4) is 0 Å². The Morgan fingerprint density at radius 3 is 2.63 bits per heavy atom. The van der Waals surface area contributed by atoms with E-state index in [1.807, 2.05) is 19.9 Å². The highest BCUT2D eigenvalue weighted by Crippen LogP contribution is 2.30. The molecule has 0 radical (unpaired) electrons. The minimum Gasteiger partial charge on any atom is -0.384 e. The van der Waals surface area contributed by atoms with Crippen molar-refractivity contribution in [1.82, 2.24) is 4.98 Å². The van der Waals surface area contributed by atoms with Crippen LogP contribution in [0.15, 0.2) is 6.07 Å². The number of hydrogen-bond acceptors (Lipinski definition) is 3. The zero-order chi connectivity index (χ0) is 14.0. The molecular weight excluding hydrogens is 236 g/mol. The van der Waals surface area contributed by atoms with Crippen molar-refractivity contribution in [2.75, 3.05) is 18.0 Å². The maximum atomic E-state index is 7.81. The van der Waals surface area contributed by atoms with Crippen LogP contribution in [0.3, 0.4) is 0 Å². The molecule has 104 valence electrons. The maximum Gasteiger partial charge on any atom is 0.140 e. The minimum absolute atomic E-state index is 0.118. The van der Waals surface area contributed by atoms with E-state index in [2.05, 4.69) is 16.8 Å². The van der Waals surface area contributed by atoms with Gasteiger partial charge in [0.2, 0.25) is 0 Å². The van der Waals surface area contributed by atoms with E-state index in [0.29, 0.717) is 0 Å². The van der Waals surface area contributed by atoms with Crippen LogP contribution in [-0.4, -0.2) is 23.9 Å². The summed E-state index contributed by atoms with van der Waals surface area (Å²) in [6, 6.07) is 2.00. The van der Waals surface area contributed by atoms with E-state index in [9.17, 15) is 0 Å². The Hall–Kier alpha value is -1.58. The zero-order valence-electron chi connectivity index (χ0n) is 12.2. The van der Waals surface area contributed by atoms with Gasteiger partial charge in [-0.15, -0.1) is 0 Å². The lowest BCUT2D eigenvalue weighted by molar-refractivity contribution is 0.318. The van der Waals surface area contributed by atoms with Gasteiger partial charge in [-0.1, -0.05) is 6.42 Å². The Labute approximate surface area is 115 Å². The molecule has 1 aromatic rings. The summed E-state index contributed by atoms with van der Waals surface area (Å²) in [5, 5.41) is 7.81. The zero-order valence-corrected chi connectivity index (χ0v) is 12.2. The molecule has 0 spiro atoms. The molecular formula is C15H24N4. The van der Waals surface area contributed by atoms with Gasteiger partial charge in [0.1, 0.15) is 11.7 Å². The average molecular weight is 260 g/mol. The lowest BCUT2D eigenvalue weighted by atomic mass is 9.85. The van der Waals surface area contributed by atoms with E-state index in [1.54, 1.807) is 0 Å². The van der Waals surface area contributed by atoms with Gasteiger partial charge in [-0.3, -0.25) is 5.41 Å². The number of aromatic nitrogens is 1. The van der Waals surface area contributed by atoms with E-state index in [4.69, 9.17) is 11.1 Å². The molecule has 4 nitrogen and oxygen atoms in total. The van der Waals surface area contributed by atoms with Gasteiger partial charge in [0.05, 0.1) is 5.56 Å². The van der Waals surface area contributed by atoms with Crippen LogP contribution in [0.25, 0.3) is 0 Å². The maximum absolute atomic E-state index is 7.81. The standard InChI is InChI=1S/C15H24N4/c1-4-19(9-12-6-5-7-12)15-13(14(16)17)10(2)8-11(3)18-15/h8,12H,4-7,9H2,1-3H3,(H3,16,17). The predicted molar refractivity (Wildman–Crippen MR) is 80.0 cm³/mol. The summed E-state index contributed by atoms with van der Waals surface area (Å²) in [6.45, 7) is 8.09. The highest BCUT2D eigenvalue weighted by molar-refractivity contribution is 6.01. The van der Waals surface area contributed by atoms with Gasteiger partial charge in [-0.25, -0.2) is 4.98 Å². The number of nitrogen functional groups attached to an aromatic ring is 1. The molecule has 1 fully saturated rings. The molecule has 0 aliphatic heterocycles. The second-order valence-electron chi connectivity index (χ2n) is 5.53. The first-order valence-corrected chi connectivity index (χ1v) is 7.10. The molecule has 1 heterocycles. The largest absolute Gasteiger partial charge is 0.384 e. The second-order valence-corrected chi connectivity index (χ2v) is 5.53. The third-order valence-corrected chi connectivity index (χ3v) is 3.98. The van der Waals surface area contributed by atoms with Gasteiger partial charge in [0, 0.05) is 18.8 Å². The van der Waals surface area contributed by atoms with Crippen molar-refractivity contribution in [3.63, 3.8) is 0 Å². The SMILES string of the molecule is CCN(CC1CCC1)c1nc(C)cc(C)c1C(=N)N. The van der Waals surface area contributed by atoms with Gasteiger partial charge in [0.15, 0.2) is 0 Å². The molecule has 1 aromatic heterocycles. The van der Waals surface area contributed by atoms with Crippen molar-refractivity contribution in [2.45, 2.75) is 40.0 Å². The monoisotopic (exact) mass is 260 g/mol. The molecule has 19 heavy (non-hydrogen) atoms. The molecule has 0 saturated heterocycles. The first-order chi connectivity index (χ1) is 9.02. The topological polar surface area (TPSA) is 66.0 Å². The molecule has 3 N–H and O–H groups in total. The summed E-state index contributed by atoms with van der Waals surface area (Å²) in [5.74, 6) is 1.79. The van der Waals surface area contributed by atoms with E-state index in [0.717, 1.165) is 41.6 Å². The molecule has 1 saturated carbocycles. The van der Waals surface area contributed by atoms with Crippen LogP contribution in [-0.2, 0) is 0 Å². The van der Waals surface area contributed by atoms with Gasteiger partial charge >= 0.3 is 0 Å². The van der Waals surface area contributed by atoms with Crippen molar-refractivity contribution >= 4 is 11.7 Å². The van der Waals surface area contributed by atoms with Crippen LogP contribution in [0.2, 0.25) is 0 Å². The third kappa shape index (κ3) is 2.88. The molecule has 1 aliphatic carbocycles. The van der Waals surface area contributed by atoms with Crippen molar-refractivity contribution < 1.29 is 0 Å². The summed E-state index contributed by atoms with van der Waals surface area (Å²) >= 11 is 0. The Morgan fingerprint density at radius 1 is 1.47 bits per heavy atom. The van der Waals surface area contributed by atoms with E-state index >= 15 is 0 Å². The number of nitrogens with two attached hydrogens (primary N) is 1. The van der Waals surface area contributed by atoms with E-state index < -0.39 is 0 Å². The van der Waals surface area contributed by atoms with Gasteiger partial charge in [-0.05, 0) is 51.2 Å². The van der Waals surface area contributed by atoms with E-state index in [-0.39, 0.29) is 5.84 Å². The van der Waals surface area contributed by atoms with E-state index in [1.165, 1.54) is 19.3 Å². The number of nitrogens with one attached hydrogen (secondary N) is 1. The number of nitrogens with zero attached hydrogens (tertiary/aromatic N) is 2. The van der Waals surface area contributed by atoms with Crippen LogP contribution >= 0.6 is 0 Å².